The zero-order valence-electron chi connectivity index (χ0n) is 37.6. The lowest BCUT2D eigenvalue weighted by molar-refractivity contribution is 0.101. The highest BCUT2D eigenvalue weighted by atomic mass is 35.5. The van der Waals surface area contributed by atoms with Crippen LogP contribution in [-0.2, 0) is 0 Å². The molecule has 3 amide bonds. The Bertz CT molecular complexity index is 3070. The minimum Gasteiger partial charge on any atom is -0.384 e. The van der Waals surface area contributed by atoms with Crippen molar-refractivity contribution in [2.45, 2.75) is 0 Å². The Morgan fingerprint density at radius 3 is 1.19 bits per heavy atom. The molecular weight excluding hydrogens is 983 g/mol. The topological polar surface area (TPSA) is 281 Å². The molecule has 21 heteroatoms. The second-order valence-electron chi connectivity index (χ2n) is 13.7. The van der Waals surface area contributed by atoms with Gasteiger partial charge in [0.05, 0.1) is 0 Å². The molecule has 0 spiro atoms. The molecule has 0 bridgehead atoms. The fraction of sp³-hybridized carbons (Fsp3) is 0. The monoisotopic (exact) mass is 1020 g/mol. The largest absolute Gasteiger partial charge is 0.384 e. The van der Waals surface area contributed by atoms with Crippen LogP contribution in [0.4, 0.5) is 29.1 Å². The number of nitrogens with zero attached hydrogens (tertiary/aromatic N) is 7. The number of hydrogen-bond acceptors (Lipinski definition) is 15. The summed E-state index contributed by atoms with van der Waals surface area (Å²) in [4.78, 5) is 95.8. The quantitative estimate of drug-likeness (QED) is 0.0754. The van der Waals surface area contributed by atoms with Gasteiger partial charge in [0.1, 0.15) is 51.9 Å². The molecule has 7 N–H and O–H groups in total. The van der Waals surface area contributed by atoms with Gasteiger partial charge in [0.25, 0.3) is 33.4 Å². The van der Waals surface area contributed by atoms with Gasteiger partial charge in [-0.15, -0.1) is 0 Å². The number of carbonyl (C=O) groups is 6. The summed E-state index contributed by atoms with van der Waals surface area (Å²) in [5.74, 6) is 1.24. The van der Waals surface area contributed by atoms with E-state index in [9.17, 15) is 28.8 Å². The molecule has 7 aromatic heterocycles. The van der Waals surface area contributed by atoms with Crippen LogP contribution in [0, 0.1) is 0 Å². The van der Waals surface area contributed by atoms with E-state index >= 15 is 0 Å². The third kappa shape index (κ3) is 19.7. The lowest BCUT2D eigenvalue weighted by atomic mass is 10.1. The van der Waals surface area contributed by atoms with Crippen LogP contribution in [0.2, 0.25) is 0 Å². The molecule has 0 radical (unpaired) electrons. The van der Waals surface area contributed by atoms with Crippen molar-refractivity contribution in [1.29, 1.82) is 0 Å². The van der Waals surface area contributed by atoms with Gasteiger partial charge in [-0.2, -0.15) is 0 Å². The van der Waals surface area contributed by atoms with E-state index in [-0.39, 0.29) is 34.6 Å². The van der Waals surface area contributed by atoms with Crippen LogP contribution in [0.15, 0.2) is 184 Å². The zero-order valence-corrected chi connectivity index (χ0v) is 39.9. The Morgan fingerprint density at radius 1 is 0.417 bits per heavy atom. The number of nitrogens with one attached hydrogen (secondary N) is 3. The van der Waals surface area contributed by atoms with Crippen molar-refractivity contribution in [2.24, 2.45) is 0 Å². The van der Waals surface area contributed by atoms with E-state index in [2.05, 4.69) is 64.0 Å². The predicted octanol–water partition coefficient (Wildman–Crippen LogP) is 9.54. The number of amides is 3. The number of halogens is 3. The van der Waals surface area contributed by atoms with Crippen molar-refractivity contribution in [2.75, 3.05) is 27.4 Å². The summed E-state index contributed by atoms with van der Waals surface area (Å²) < 4.78 is 0. The van der Waals surface area contributed by atoms with Gasteiger partial charge in [0.15, 0.2) is 0 Å². The van der Waals surface area contributed by atoms with Crippen LogP contribution in [0.1, 0.15) is 73.8 Å². The van der Waals surface area contributed by atoms with E-state index in [1.807, 2.05) is 18.2 Å². The second kappa shape index (κ2) is 29.5. The van der Waals surface area contributed by atoms with Crippen molar-refractivity contribution >= 4 is 109 Å². The van der Waals surface area contributed by atoms with E-state index in [4.69, 9.17) is 46.3 Å². The van der Waals surface area contributed by atoms with Crippen LogP contribution >= 0.6 is 34.8 Å². The minimum atomic E-state index is -0.713. The van der Waals surface area contributed by atoms with Crippen molar-refractivity contribution in [3.63, 3.8) is 0 Å². The molecule has 0 saturated carbocycles. The first-order chi connectivity index (χ1) is 34.6. The van der Waals surface area contributed by atoms with Gasteiger partial charge in [-0.1, -0.05) is 61.7 Å². The lowest BCUT2D eigenvalue weighted by Gasteiger charge is -2.07. The van der Waals surface area contributed by atoms with Gasteiger partial charge in [0, 0.05) is 42.1 Å². The summed E-state index contributed by atoms with van der Waals surface area (Å²) in [7, 11) is 0. The smallest absolute Gasteiger partial charge is 0.275 e. The van der Waals surface area contributed by atoms with Gasteiger partial charge in [-0.05, 0) is 149 Å². The maximum Gasteiger partial charge on any atom is 0.275 e. The summed E-state index contributed by atoms with van der Waals surface area (Å²) in [6.45, 7) is 7.24. The Hall–Kier alpha value is -9.36. The molecule has 0 aliphatic rings. The molecule has 0 fully saturated rings. The van der Waals surface area contributed by atoms with Crippen molar-refractivity contribution in [3.8, 4) is 0 Å². The molecule has 362 valence electrons. The molecule has 8 rings (SSSR count). The number of benzene rings is 1. The molecule has 0 aliphatic heterocycles. The molecule has 0 aliphatic carbocycles. The number of pyridine rings is 7. The maximum atomic E-state index is 12.4. The number of nitrogens with two attached hydrogens (primary N) is 2. The summed E-state index contributed by atoms with van der Waals surface area (Å²) >= 11 is 15.5. The van der Waals surface area contributed by atoms with Crippen molar-refractivity contribution < 1.29 is 28.8 Å². The molecule has 8 aromatic rings. The number of hydrogen-bond donors (Lipinski definition) is 5. The van der Waals surface area contributed by atoms with E-state index in [1.54, 1.807) is 122 Å². The van der Waals surface area contributed by atoms with E-state index in [0.29, 0.717) is 40.2 Å². The first-order valence-electron chi connectivity index (χ1n) is 20.6. The fourth-order valence-electron chi connectivity index (χ4n) is 5.07. The SMILES string of the molecule is C=Cc1ccc(N)nc1.C=Cc1ccc(NC(=O)c2cccc(C(=O)Nc3ccccn3)c2)nc1.Nc1ccccn1.O=C(Cl)c1cccc(C(=O)Cl)n1.O=C(Cl)c1cccc(C(=O)Nc2ccccn2)n1. The lowest BCUT2D eigenvalue weighted by Crippen LogP contribution is -2.16. The molecule has 18 nitrogen and oxygen atoms in total. The molecule has 7 heterocycles. The van der Waals surface area contributed by atoms with Crippen LogP contribution in [0.5, 0.6) is 0 Å². The molecule has 0 atom stereocenters. The predicted molar refractivity (Wildman–Crippen MR) is 280 cm³/mol. The average Bonchev–Trinajstić information content (AvgIpc) is 3.40. The van der Waals surface area contributed by atoms with Crippen molar-refractivity contribution in [1.82, 2.24) is 34.9 Å². The fourth-order valence-corrected chi connectivity index (χ4v) is 5.39. The number of anilines is 5. The van der Waals surface area contributed by atoms with Crippen LogP contribution in [0.3, 0.4) is 0 Å². The average molecular weight is 1020 g/mol. The Labute approximate surface area is 427 Å². The summed E-state index contributed by atoms with van der Waals surface area (Å²) in [6, 6.07) is 38.1. The highest BCUT2D eigenvalue weighted by Crippen LogP contribution is 2.13. The first-order valence-corrected chi connectivity index (χ1v) is 21.8. The number of carbonyl (C=O) groups excluding carboxylic acids is 6. The van der Waals surface area contributed by atoms with Crippen molar-refractivity contribution in [3.05, 3.63) is 229 Å². The van der Waals surface area contributed by atoms with Gasteiger partial charge in [0.2, 0.25) is 0 Å². The van der Waals surface area contributed by atoms with Crippen LogP contribution < -0.4 is 27.4 Å². The number of rotatable bonds is 11. The van der Waals surface area contributed by atoms with Gasteiger partial charge in [-0.25, -0.2) is 34.9 Å². The van der Waals surface area contributed by atoms with E-state index in [0.717, 1.165) is 11.1 Å². The number of nitrogen functional groups attached to an aromatic ring is 2. The number of aromatic nitrogens is 7. The molecule has 0 unspecified atom stereocenters. The maximum absolute atomic E-state index is 12.4. The zero-order chi connectivity index (χ0) is 52.3. The standard InChI is InChI=1S/C20H16N4O2.C12H8ClN3O2.C7H3Cl2NO2.C7H8N2.C5H6N2/c1-2-14-9-10-18(22-13-14)24-20(26)16-7-5-6-15(12-16)19(25)23-17-8-3-4-11-21-17;13-11(17)8-4-3-5-9(15-8)12(18)16-10-6-1-2-7-14-10;8-6(11)4-2-1-3-5(10-4)7(9)12;1-2-6-3-4-7(8)9-5-6;6-5-3-1-2-4-7-5/h2-13H,1H2,(H,21,23,25)(H,22,24,26);1-7H,(H,14,16,18);1-3H;2-5H,1H2,(H2,8,9);1-4H,(H2,6,7). The van der Waals surface area contributed by atoms with Gasteiger partial charge in [-0.3, -0.25) is 28.8 Å². The highest BCUT2D eigenvalue weighted by Gasteiger charge is 2.13. The van der Waals surface area contributed by atoms with E-state index < -0.39 is 21.6 Å². The second-order valence-corrected chi connectivity index (χ2v) is 14.7. The first kappa shape index (κ1) is 55.2. The van der Waals surface area contributed by atoms with E-state index in [1.165, 1.54) is 42.5 Å². The summed E-state index contributed by atoms with van der Waals surface area (Å²) in [5.41, 5.74) is 13.3. The third-order valence-electron chi connectivity index (χ3n) is 8.53. The van der Waals surface area contributed by atoms with Gasteiger partial charge < -0.3 is 27.4 Å². The molecule has 1 aromatic carbocycles. The Morgan fingerprint density at radius 2 is 0.819 bits per heavy atom. The molecule has 72 heavy (non-hydrogen) atoms. The normalized spacial score (nSPS) is 9.60. The minimum absolute atomic E-state index is 0.0168. The molecular formula is C51H41Cl3N12O6. The summed E-state index contributed by atoms with van der Waals surface area (Å²) in [6.07, 6.45) is 11.5. The Balaban J connectivity index is 0.000000212. The third-order valence-corrected chi connectivity index (χ3v) is 9.11. The summed E-state index contributed by atoms with van der Waals surface area (Å²) in [5, 5.41) is 5.81. The Kier molecular flexibility index (Phi) is 22.6. The van der Waals surface area contributed by atoms with Gasteiger partial charge >= 0.3 is 0 Å². The highest BCUT2D eigenvalue weighted by molar-refractivity contribution is 6.68. The van der Waals surface area contributed by atoms with Crippen LogP contribution in [-0.4, -0.2) is 68.3 Å². The van der Waals surface area contributed by atoms with Crippen LogP contribution in [0.25, 0.3) is 12.2 Å². The molecule has 0 saturated heterocycles.